The number of likely N-dealkylation sites (N-methyl/N-ethyl adjacent to an activating group) is 1. The quantitative estimate of drug-likeness (QED) is 0.445. The van der Waals surface area contributed by atoms with Gasteiger partial charge in [-0.1, -0.05) is 0 Å². The van der Waals surface area contributed by atoms with Crippen molar-refractivity contribution in [1.29, 1.82) is 0 Å². The molecule has 4 N–H and O–H groups in total. The normalized spacial score (nSPS) is 11.6. The number of aliphatic hydroxyl groups is 1. The molecule has 16 heavy (non-hydrogen) atoms. The number of carbonyl (C=O) groups excluding carboxylic acids is 1. The van der Waals surface area contributed by atoms with Crippen LogP contribution in [0.3, 0.4) is 0 Å². The van der Waals surface area contributed by atoms with Gasteiger partial charge in [0.25, 0.3) is 0 Å². The van der Waals surface area contributed by atoms with Crippen molar-refractivity contribution in [2.24, 2.45) is 0 Å². The lowest BCUT2D eigenvalue weighted by Crippen LogP contribution is -2.48. The van der Waals surface area contributed by atoms with Crippen LogP contribution in [0.15, 0.2) is 0 Å². The predicted octanol–water partition coefficient (Wildman–Crippen LogP) is -1.45. The highest BCUT2D eigenvalue weighted by Gasteiger charge is 2.24. The molecule has 92 valence electrons. The summed E-state index contributed by atoms with van der Waals surface area (Å²) in [6, 6.07) is -2.23. The Morgan fingerprint density at radius 3 is 2.25 bits per heavy atom. The highest BCUT2D eigenvalue weighted by molar-refractivity contribution is 5.86. The van der Waals surface area contributed by atoms with Crippen molar-refractivity contribution in [3.05, 3.63) is 0 Å². The van der Waals surface area contributed by atoms with E-state index in [1.807, 2.05) is 5.32 Å². The number of hydrogen-bond acceptors (Lipinski definition) is 4. The number of carbonyl (C=O) groups is 3. The Morgan fingerprint density at radius 1 is 1.31 bits per heavy atom. The van der Waals surface area contributed by atoms with Crippen molar-refractivity contribution >= 4 is 18.0 Å². The molecule has 0 radical (unpaired) electrons. The fourth-order valence-electron chi connectivity index (χ4n) is 0.885. The van der Waals surface area contributed by atoms with Gasteiger partial charge < -0.3 is 25.5 Å². The maximum Gasteiger partial charge on any atom is 0.326 e. The molecule has 0 spiro atoms. The molecule has 0 saturated carbocycles. The first-order valence-electron chi connectivity index (χ1n) is 4.45. The maximum atomic E-state index is 11.3. The van der Waals surface area contributed by atoms with Crippen molar-refractivity contribution in [3.63, 3.8) is 0 Å². The second-order valence-electron chi connectivity index (χ2n) is 3.08. The van der Waals surface area contributed by atoms with E-state index in [0.29, 0.717) is 0 Å². The van der Waals surface area contributed by atoms with Crippen molar-refractivity contribution in [2.45, 2.75) is 12.5 Å². The van der Waals surface area contributed by atoms with Gasteiger partial charge in [-0.15, -0.1) is 0 Å². The summed E-state index contributed by atoms with van der Waals surface area (Å²) in [6.45, 7) is -0.230. The van der Waals surface area contributed by atoms with Crippen LogP contribution in [0.25, 0.3) is 0 Å². The topological polar surface area (TPSA) is 127 Å². The average Bonchev–Trinajstić information content (AvgIpc) is 2.16. The molecule has 0 aromatic heterocycles. The lowest BCUT2D eigenvalue weighted by Gasteiger charge is -2.19. The van der Waals surface area contributed by atoms with E-state index in [9.17, 15) is 14.4 Å². The van der Waals surface area contributed by atoms with E-state index in [1.165, 1.54) is 7.05 Å². The molecule has 0 rings (SSSR count). The van der Waals surface area contributed by atoms with Gasteiger partial charge >= 0.3 is 18.0 Å². The first-order chi connectivity index (χ1) is 7.38. The van der Waals surface area contributed by atoms with Crippen LogP contribution >= 0.6 is 0 Å². The number of nitrogens with one attached hydrogen (secondary N) is 1. The number of nitrogens with zero attached hydrogens (tertiary/aromatic N) is 1. The Balaban J connectivity index is 4.34. The highest BCUT2D eigenvalue weighted by atomic mass is 16.4. The summed E-state index contributed by atoms with van der Waals surface area (Å²) < 4.78 is 0. The van der Waals surface area contributed by atoms with Crippen LogP contribution in [0.5, 0.6) is 0 Å². The van der Waals surface area contributed by atoms with E-state index in [1.54, 1.807) is 0 Å². The molecule has 1 atom stereocenters. The third-order valence-electron chi connectivity index (χ3n) is 1.76. The van der Waals surface area contributed by atoms with Gasteiger partial charge in [0.05, 0.1) is 13.0 Å². The molecule has 1 unspecified atom stereocenters. The van der Waals surface area contributed by atoms with Gasteiger partial charge in [-0.25, -0.2) is 9.59 Å². The molecule has 2 amide bonds. The van der Waals surface area contributed by atoms with E-state index < -0.39 is 30.4 Å². The van der Waals surface area contributed by atoms with E-state index in [-0.39, 0.29) is 13.2 Å². The minimum Gasteiger partial charge on any atom is -0.481 e. The average molecular weight is 234 g/mol. The van der Waals surface area contributed by atoms with Gasteiger partial charge in [0.1, 0.15) is 6.04 Å². The maximum absolute atomic E-state index is 11.3. The number of rotatable bonds is 6. The van der Waals surface area contributed by atoms with Gasteiger partial charge in [-0.05, 0) is 0 Å². The Morgan fingerprint density at radius 2 is 1.88 bits per heavy atom. The lowest BCUT2D eigenvalue weighted by molar-refractivity contribution is -0.145. The van der Waals surface area contributed by atoms with Gasteiger partial charge in [-0.2, -0.15) is 0 Å². The number of amides is 2. The molecule has 0 aliphatic heterocycles. The van der Waals surface area contributed by atoms with Crippen LogP contribution in [0, 0.1) is 0 Å². The first-order valence-corrected chi connectivity index (χ1v) is 4.45. The number of carboxylic acids is 2. The van der Waals surface area contributed by atoms with E-state index >= 15 is 0 Å². The van der Waals surface area contributed by atoms with Crippen molar-refractivity contribution in [2.75, 3.05) is 20.2 Å². The van der Waals surface area contributed by atoms with Gasteiger partial charge in [0.15, 0.2) is 0 Å². The summed E-state index contributed by atoms with van der Waals surface area (Å²) in [5.74, 6) is -2.74. The number of carboxylic acid groups (broad SMARTS) is 2. The molecule has 0 aliphatic carbocycles. The van der Waals surface area contributed by atoms with Crippen LogP contribution in [0.4, 0.5) is 4.79 Å². The zero-order valence-corrected chi connectivity index (χ0v) is 8.71. The molecule has 0 aromatic carbocycles. The molecule has 0 saturated heterocycles. The van der Waals surface area contributed by atoms with Crippen molar-refractivity contribution in [1.82, 2.24) is 10.2 Å². The van der Waals surface area contributed by atoms with Gasteiger partial charge in [-0.3, -0.25) is 4.79 Å². The molecule has 0 heterocycles. The minimum absolute atomic E-state index is 0.0330. The zero-order chi connectivity index (χ0) is 12.7. The number of hydrogen-bond donors (Lipinski definition) is 4. The standard InChI is InChI=1S/C8H14N2O6/c1-10(2-3-11)8(16)9-5(7(14)15)4-6(12)13/h5,11H,2-4H2,1H3,(H,9,16)(H,12,13)(H,14,15). The second kappa shape index (κ2) is 6.62. The van der Waals surface area contributed by atoms with Crippen LogP contribution in [-0.2, 0) is 9.59 Å². The lowest BCUT2D eigenvalue weighted by atomic mass is 10.2. The SMILES string of the molecule is CN(CCO)C(=O)NC(CC(=O)O)C(=O)O. The van der Waals surface area contributed by atoms with E-state index in [2.05, 4.69) is 0 Å². The largest absolute Gasteiger partial charge is 0.481 e. The first kappa shape index (κ1) is 14.2. The monoisotopic (exact) mass is 234 g/mol. The fourth-order valence-corrected chi connectivity index (χ4v) is 0.885. The molecule has 8 heteroatoms. The summed E-state index contributed by atoms with van der Waals surface area (Å²) in [7, 11) is 1.35. The summed E-state index contributed by atoms with van der Waals surface area (Å²) in [5.41, 5.74) is 0. The van der Waals surface area contributed by atoms with Crippen LogP contribution < -0.4 is 5.32 Å². The summed E-state index contributed by atoms with van der Waals surface area (Å²) in [6.07, 6.45) is -0.700. The van der Waals surface area contributed by atoms with Crippen LogP contribution in [0.1, 0.15) is 6.42 Å². The molecule has 0 aliphatic rings. The summed E-state index contributed by atoms with van der Waals surface area (Å²) in [5, 5.41) is 27.6. The zero-order valence-electron chi connectivity index (χ0n) is 8.71. The molecular weight excluding hydrogens is 220 g/mol. The van der Waals surface area contributed by atoms with Crippen LogP contribution in [0.2, 0.25) is 0 Å². The Labute approximate surface area is 91.5 Å². The molecule has 0 aromatic rings. The highest BCUT2D eigenvalue weighted by Crippen LogP contribution is 1.95. The number of aliphatic hydroxyl groups excluding tert-OH is 1. The predicted molar refractivity (Wildman–Crippen MR) is 51.9 cm³/mol. The van der Waals surface area contributed by atoms with E-state index in [4.69, 9.17) is 15.3 Å². The van der Waals surface area contributed by atoms with Gasteiger partial charge in [0.2, 0.25) is 0 Å². The molecule has 0 fully saturated rings. The second-order valence-corrected chi connectivity index (χ2v) is 3.08. The Hall–Kier alpha value is -1.83. The third-order valence-corrected chi connectivity index (χ3v) is 1.76. The van der Waals surface area contributed by atoms with Crippen molar-refractivity contribution in [3.8, 4) is 0 Å². The minimum atomic E-state index is -1.48. The van der Waals surface area contributed by atoms with Crippen LogP contribution in [-0.4, -0.2) is 64.4 Å². The van der Waals surface area contributed by atoms with Crippen molar-refractivity contribution < 1.29 is 29.7 Å². The smallest absolute Gasteiger partial charge is 0.326 e. The fraction of sp³-hybridized carbons (Fsp3) is 0.625. The number of urea groups is 1. The molecular formula is C8H14N2O6. The van der Waals surface area contributed by atoms with Gasteiger partial charge in [0, 0.05) is 13.6 Å². The Kier molecular flexibility index (Phi) is 5.86. The number of aliphatic carboxylic acids is 2. The molecule has 8 nitrogen and oxygen atoms in total. The Bertz CT molecular complexity index is 280. The summed E-state index contributed by atoms with van der Waals surface area (Å²) >= 11 is 0. The summed E-state index contributed by atoms with van der Waals surface area (Å²) in [4.78, 5) is 33.3. The third kappa shape index (κ3) is 5.15. The molecule has 0 bridgehead atoms. The van der Waals surface area contributed by atoms with E-state index in [0.717, 1.165) is 4.90 Å².